The van der Waals surface area contributed by atoms with E-state index in [1.165, 1.54) is 44.5 Å². The summed E-state index contributed by atoms with van der Waals surface area (Å²) in [6.07, 6.45) is 0. The van der Waals surface area contributed by atoms with E-state index in [0.717, 1.165) is 0 Å². The van der Waals surface area contributed by atoms with Gasteiger partial charge in [0.2, 0.25) is 0 Å². The maximum atomic E-state index is 3.74. The lowest BCUT2D eigenvalue weighted by atomic mass is 9.64. The van der Waals surface area contributed by atoms with Crippen LogP contribution in [0.4, 0.5) is 0 Å². The maximum absolute atomic E-state index is 3.74. The van der Waals surface area contributed by atoms with E-state index in [4.69, 9.17) is 0 Å². The highest BCUT2D eigenvalue weighted by Gasteiger charge is 2.38. The molecule has 0 bridgehead atoms. The Balaban J connectivity index is 2.05. The van der Waals surface area contributed by atoms with Crippen LogP contribution >= 0.6 is 63.7 Å². The molecule has 37 heavy (non-hydrogen) atoms. The van der Waals surface area contributed by atoms with Crippen LogP contribution in [0.5, 0.6) is 0 Å². The summed E-state index contributed by atoms with van der Waals surface area (Å²) in [4.78, 5) is 1.20. The van der Waals surface area contributed by atoms with Crippen LogP contribution < -0.4 is 0 Å². The van der Waals surface area contributed by atoms with E-state index in [1.807, 2.05) is 0 Å². The molecule has 4 unspecified atom stereocenters. The molecule has 192 valence electrons. The molecule has 0 fully saturated rings. The Morgan fingerprint density at radius 3 is 0.649 bits per heavy atom. The smallest absolute Gasteiger partial charge is 0.0701 e. The van der Waals surface area contributed by atoms with Crippen LogP contribution in [0.1, 0.15) is 91.5 Å². The second-order valence-electron chi connectivity index (χ2n) is 9.70. The summed E-state index contributed by atoms with van der Waals surface area (Å²) in [6.45, 7) is 8.68. The number of hydrogen-bond donors (Lipinski definition) is 0. The van der Waals surface area contributed by atoms with Gasteiger partial charge in [0.25, 0.3) is 0 Å². The van der Waals surface area contributed by atoms with Crippen LogP contribution in [0.2, 0.25) is 0 Å². The zero-order chi connectivity index (χ0) is 26.7. The van der Waals surface area contributed by atoms with Gasteiger partial charge in [-0.25, -0.2) is 0 Å². The van der Waals surface area contributed by atoms with Gasteiger partial charge >= 0.3 is 0 Å². The second kappa shape index (κ2) is 12.3. The van der Waals surface area contributed by atoms with Crippen molar-refractivity contribution < 1.29 is 0 Å². The Bertz CT molecular complexity index is 1070. The third-order valence-electron chi connectivity index (χ3n) is 7.21. The first-order valence-corrected chi connectivity index (χ1v) is 16.3. The van der Waals surface area contributed by atoms with Gasteiger partial charge in [0, 0.05) is 19.3 Å². The van der Waals surface area contributed by atoms with Crippen LogP contribution in [-0.2, 0) is 5.41 Å². The summed E-state index contributed by atoms with van der Waals surface area (Å²) in [6, 6.07) is 36.4. The molecule has 4 aromatic carbocycles. The molecule has 4 atom stereocenters. The lowest BCUT2D eigenvalue weighted by molar-refractivity contribution is 0.742. The van der Waals surface area contributed by atoms with Crippen LogP contribution in [0, 0.1) is 0 Å². The van der Waals surface area contributed by atoms with Crippen LogP contribution in [0.15, 0.2) is 97.1 Å². The average molecular weight is 748 g/mol. The minimum Gasteiger partial charge on any atom is -0.0842 e. The van der Waals surface area contributed by atoms with E-state index >= 15 is 0 Å². The summed E-state index contributed by atoms with van der Waals surface area (Å²) < 4.78 is 0. The van der Waals surface area contributed by atoms with E-state index in [-0.39, 0.29) is 0 Å². The first kappa shape index (κ1) is 28.8. The van der Waals surface area contributed by atoms with E-state index in [9.17, 15) is 0 Å². The molecule has 4 aromatic rings. The zero-order valence-corrected chi connectivity index (χ0v) is 27.9. The van der Waals surface area contributed by atoms with Crippen molar-refractivity contribution in [1.82, 2.24) is 0 Å². The minimum absolute atomic E-state index is 0.301. The number of alkyl halides is 4. The van der Waals surface area contributed by atoms with Crippen molar-refractivity contribution >= 4 is 63.7 Å². The second-order valence-corrected chi connectivity index (χ2v) is 15.2. The first-order valence-electron chi connectivity index (χ1n) is 12.6. The third-order valence-corrected chi connectivity index (χ3v) is 9.33. The molecule has 0 heterocycles. The van der Waals surface area contributed by atoms with Gasteiger partial charge in [-0.15, -0.1) is 0 Å². The van der Waals surface area contributed by atoms with Crippen LogP contribution in [0.3, 0.4) is 0 Å². The topological polar surface area (TPSA) is 0 Å². The number of benzene rings is 4. The van der Waals surface area contributed by atoms with Gasteiger partial charge in [-0.05, 0) is 72.2 Å². The standard InChI is InChI=1S/C33H32Br4/c1-21(34)25-5-13-29(14-6-25)33(30-15-7-26(8-16-30)22(2)35,31-17-9-27(10-18-31)23(3)36)32-19-11-28(12-20-32)24(4)37/h5-24H,1-4H3. The van der Waals surface area contributed by atoms with E-state index in [1.54, 1.807) is 0 Å². The molecule has 0 aliphatic rings. The largest absolute Gasteiger partial charge is 0.0842 e. The molecule has 0 spiro atoms. The van der Waals surface area contributed by atoms with E-state index in [0.29, 0.717) is 19.3 Å². The van der Waals surface area contributed by atoms with Gasteiger partial charge in [-0.2, -0.15) is 0 Å². The molecule has 0 aliphatic carbocycles. The summed E-state index contributed by atoms with van der Waals surface area (Å²) in [5.41, 5.74) is 9.63. The molecule has 0 radical (unpaired) electrons. The Labute approximate surface area is 255 Å². The molecule has 0 saturated carbocycles. The Morgan fingerprint density at radius 2 is 0.514 bits per heavy atom. The van der Waals surface area contributed by atoms with Crippen LogP contribution in [-0.4, -0.2) is 0 Å². The van der Waals surface area contributed by atoms with Crippen molar-refractivity contribution in [2.45, 2.75) is 52.4 Å². The molecule has 0 N–H and O–H groups in total. The summed E-state index contributed by atoms with van der Waals surface area (Å²) in [5, 5.41) is 0. The fraction of sp³-hybridized carbons (Fsp3) is 0.273. The van der Waals surface area contributed by atoms with Gasteiger partial charge in [-0.3, -0.25) is 0 Å². The number of hydrogen-bond acceptors (Lipinski definition) is 0. The fourth-order valence-electron chi connectivity index (χ4n) is 4.99. The lowest BCUT2D eigenvalue weighted by Gasteiger charge is -2.37. The van der Waals surface area contributed by atoms with Crippen LogP contribution in [0.25, 0.3) is 0 Å². The van der Waals surface area contributed by atoms with Gasteiger partial charge in [-0.1, -0.05) is 161 Å². The van der Waals surface area contributed by atoms with Gasteiger partial charge in [0.05, 0.1) is 5.41 Å². The summed E-state index contributed by atoms with van der Waals surface area (Å²) in [7, 11) is 0. The minimum atomic E-state index is -0.468. The van der Waals surface area contributed by atoms with Crippen molar-refractivity contribution in [1.29, 1.82) is 0 Å². The molecule has 0 aliphatic heterocycles. The molecule has 0 amide bonds. The highest BCUT2D eigenvalue weighted by atomic mass is 79.9. The Hall–Kier alpha value is -1.20. The SMILES string of the molecule is CC(Br)c1ccc(C(c2ccc(C(C)Br)cc2)(c2ccc(C(C)Br)cc2)c2ccc(C(C)Br)cc2)cc1. The highest BCUT2D eigenvalue weighted by molar-refractivity contribution is 9.09. The molecule has 4 heteroatoms. The Morgan fingerprint density at radius 1 is 0.351 bits per heavy atom. The molecule has 0 saturated heterocycles. The van der Waals surface area contributed by atoms with Gasteiger partial charge < -0.3 is 0 Å². The molecular formula is C33H32Br4. The summed E-state index contributed by atoms with van der Waals surface area (Å²) >= 11 is 15.0. The molecule has 0 aromatic heterocycles. The molecule has 4 rings (SSSR count). The lowest BCUT2D eigenvalue weighted by Crippen LogP contribution is -2.31. The number of halogens is 4. The normalized spacial score (nSPS) is 16.4. The Kier molecular flexibility index (Phi) is 9.59. The predicted molar refractivity (Wildman–Crippen MR) is 174 cm³/mol. The fourth-order valence-corrected chi connectivity index (χ4v) is 6.21. The quantitative estimate of drug-likeness (QED) is 0.124. The van der Waals surface area contributed by atoms with Gasteiger partial charge in [0.1, 0.15) is 0 Å². The first-order chi connectivity index (χ1) is 17.6. The van der Waals surface area contributed by atoms with Crippen molar-refractivity contribution in [3.63, 3.8) is 0 Å². The van der Waals surface area contributed by atoms with Crippen molar-refractivity contribution in [2.75, 3.05) is 0 Å². The van der Waals surface area contributed by atoms with Gasteiger partial charge in [0.15, 0.2) is 0 Å². The van der Waals surface area contributed by atoms with Crippen molar-refractivity contribution in [3.8, 4) is 0 Å². The van der Waals surface area contributed by atoms with Crippen molar-refractivity contribution in [2.24, 2.45) is 0 Å². The predicted octanol–water partition coefficient (Wildman–Crippen LogP) is 11.9. The van der Waals surface area contributed by atoms with E-state index < -0.39 is 5.41 Å². The maximum Gasteiger partial charge on any atom is 0.0701 e. The molecule has 0 nitrogen and oxygen atoms in total. The van der Waals surface area contributed by atoms with Crippen molar-refractivity contribution in [3.05, 3.63) is 142 Å². The summed E-state index contributed by atoms with van der Waals surface area (Å²) in [5.74, 6) is 0. The average Bonchev–Trinajstić information content (AvgIpc) is 2.90. The van der Waals surface area contributed by atoms with E-state index in [2.05, 4.69) is 188 Å². The zero-order valence-electron chi connectivity index (χ0n) is 21.6. The number of rotatable bonds is 8. The third kappa shape index (κ3) is 6.03. The highest BCUT2D eigenvalue weighted by Crippen LogP contribution is 2.46. The molecular weight excluding hydrogens is 716 g/mol. The monoisotopic (exact) mass is 744 g/mol.